The fourth-order valence-corrected chi connectivity index (χ4v) is 3.84. The highest BCUT2D eigenvalue weighted by Gasteiger charge is 2.30. The van der Waals surface area contributed by atoms with Gasteiger partial charge >= 0.3 is 12.2 Å². The van der Waals surface area contributed by atoms with Crippen molar-refractivity contribution in [1.29, 1.82) is 0 Å². The Morgan fingerprint density at radius 2 is 1.91 bits per heavy atom. The van der Waals surface area contributed by atoms with Crippen molar-refractivity contribution in [3.05, 3.63) is 81.9 Å². The smallest absolute Gasteiger partial charge is 0.340 e. The average Bonchev–Trinajstić information content (AvgIpc) is 3.22. The van der Waals surface area contributed by atoms with Crippen LogP contribution in [0.3, 0.4) is 0 Å². The lowest BCUT2D eigenvalue weighted by Crippen LogP contribution is -2.33. The second-order valence-electron chi connectivity index (χ2n) is 8.10. The van der Waals surface area contributed by atoms with Crippen LogP contribution in [0.5, 0.6) is 0 Å². The number of rotatable bonds is 10. The number of halogens is 5. The van der Waals surface area contributed by atoms with E-state index in [1.165, 1.54) is 12.1 Å². The molecule has 3 N–H and O–H groups in total. The topological polar surface area (TPSA) is 71.0 Å². The van der Waals surface area contributed by atoms with E-state index < -0.39 is 17.8 Å². The van der Waals surface area contributed by atoms with E-state index >= 15 is 0 Å². The van der Waals surface area contributed by atoms with Crippen molar-refractivity contribution >= 4 is 34.9 Å². The summed E-state index contributed by atoms with van der Waals surface area (Å²) in [6, 6.07) is 9.19. The molecule has 0 spiro atoms. The number of nitrogens with zero attached hydrogens (tertiary/aromatic N) is 2. The number of nitrogens with one attached hydrogen (secondary N) is 3. The summed E-state index contributed by atoms with van der Waals surface area (Å²) in [5.41, 5.74) is 1.11. The number of aryl methyl sites for hydroxylation is 1. The van der Waals surface area contributed by atoms with Gasteiger partial charge in [0.05, 0.1) is 27.6 Å². The second kappa shape index (κ2) is 12.3. The molecule has 0 fully saturated rings. The molecule has 188 valence electrons. The Labute approximate surface area is 211 Å². The monoisotopic (exact) mass is 527 g/mol. The molecule has 1 aromatic heterocycles. The van der Waals surface area contributed by atoms with Crippen LogP contribution in [0, 0.1) is 0 Å². The highest BCUT2D eigenvalue weighted by molar-refractivity contribution is 6.42. The molecule has 1 unspecified atom stereocenters. The van der Waals surface area contributed by atoms with E-state index in [2.05, 4.69) is 20.9 Å². The maximum atomic E-state index is 12.9. The summed E-state index contributed by atoms with van der Waals surface area (Å²) in [5.74, 6) is -0.0978. The van der Waals surface area contributed by atoms with E-state index in [0.717, 1.165) is 36.4 Å². The van der Waals surface area contributed by atoms with Crippen LogP contribution in [0.15, 0.2) is 55.0 Å². The number of amides is 2. The van der Waals surface area contributed by atoms with Gasteiger partial charge in [0.25, 0.3) is 0 Å². The molecule has 1 heterocycles. The molecule has 0 bridgehead atoms. The van der Waals surface area contributed by atoms with Crippen LogP contribution < -0.4 is 16.0 Å². The van der Waals surface area contributed by atoms with E-state index in [-0.39, 0.29) is 18.2 Å². The first-order valence-corrected chi connectivity index (χ1v) is 11.7. The number of carbonyl (C=O) groups excluding carboxylic acids is 1. The fraction of sp³-hybridized carbons (Fsp3) is 0.333. The first-order chi connectivity index (χ1) is 16.6. The molecule has 2 aromatic carbocycles. The SMILES string of the molecule is Cn1cnc(CCNCCC(CNC(=O)Nc2cccc(C(F)(F)F)c2)c2ccc(Cl)c(Cl)c2)c1. The number of urea groups is 1. The Balaban J connectivity index is 1.56. The molecule has 35 heavy (non-hydrogen) atoms. The van der Waals surface area contributed by atoms with Gasteiger partial charge in [0, 0.05) is 44.4 Å². The molecule has 1 atom stereocenters. The predicted octanol–water partition coefficient (Wildman–Crippen LogP) is 5.87. The summed E-state index contributed by atoms with van der Waals surface area (Å²) in [6.45, 7) is 1.67. The molecule has 0 saturated carbocycles. The number of hydrogen-bond acceptors (Lipinski definition) is 3. The van der Waals surface area contributed by atoms with E-state index in [9.17, 15) is 18.0 Å². The summed E-state index contributed by atoms with van der Waals surface area (Å²) in [5, 5.41) is 9.41. The van der Waals surface area contributed by atoms with E-state index in [1.807, 2.05) is 23.9 Å². The fourth-order valence-electron chi connectivity index (χ4n) is 3.53. The van der Waals surface area contributed by atoms with Gasteiger partial charge in [-0.2, -0.15) is 13.2 Å². The minimum Gasteiger partial charge on any atom is -0.340 e. The number of hydrogen-bond donors (Lipinski definition) is 3. The van der Waals surface area contributed by atoms with Gasteiger partial charge in [0.2, 0.25) is 0 Å². The van der Waals surface area contributed by atoms with Crippen molar-refractivity contribution in [3.63, 3.8) is 0 Å². The zero-order valence-electron chi connectivity index (χ0n) is 19.0. The van der Waals surface area contributed by atoms with Gasteiger partial charge in [-0.05, 0) is 48.9 Å². The molecule has 6 nitrogen and oxygen atoms in total. The van der Waals surface area contributed by atoms with Crippen LogP contribution in [-0.2, 0) is 19.6 Å². The summed E-state index contributed by atoms with van der Waals surface area (Å²) in [7, 11) is 1.92. The van der Waals surface area contributed by atoms with Gasteiger partial charge in [-0.25, -0.2) is 9.78 Å². The Kier molecular flexibility index (Phi) is 9.42. The summed E-state index contributed by atoms with van der Waals surface area (Å²) < 4.78 is 40.7. The van der Waals surface area contributed by atoms with Crippen LogP contribution in [0.1, 0.15) is 29.2 Å². The molecule has 0 radical (unpaired) electrons. The summed E-state index contributed by atoms with van der Waals surface area (Å²) in [6.07, 6.45) is 0.704. The number of alkyl halides is 3. The van der Waals surface area contributed by atoms with Gasteiger partial charge in [-0.15, -0.1) is 0 Å². The average molecular weight is 528 g/mol. The highest BCUT2D eigenvalue weighted by Crippen LogP contribution is 2.31. The zero-order valence-corrected chi connectivity index (χ0v) is 20.5. The lowest BCUT2D eigenvalue weighted by Gasteiger charge is -2.19. The summed E-state index contributed by atoms with van der Waals surface area (Å²) >= 11 is 12.2. The molecule has 3 aromatic rings. The largest absolute Gasteiger partial charge is 0.416 e. The second-order valence-corrected chi connectivity index (χ2v) is 8.92. The number of benzene rings is 2. The molecule has 0 aliphatic heterocycles. The molecule has 0 saturated heterocycles. The molecular weight excluding hydrogens is 502 g/mol. The highest BCUT2D eigenvalue weighted by atomic mass is 35.5. The zero-order chi connectivity index (χ0) is 25.4. The van der Waals surface area contributed by atoms with Crippen molar-refractivity contribution in [1.82, 2.24) is 20.2 Å². The van der Waals surface area contributed by atoms with Gasteiger partial charge < -0.3 is 20.5 Å². The minimum atomic E-state index is -4.49. The third-order valence-corrected chi connectivity index (χ3v) is 6.10. The van der Waals surface area contributed by atoms with Crippen molar-refractivity contribution in [3.8, 4) is 0 Å². The maximum Gasteiger partial charge on any atom is 0.416 e. The number of imidazole rings is 1. The predicted molar refractivity (Wildman–Crippen MR) is 132 cm³/mol. The maximum absolute atomic E-state index is 12.9. The van der Waals surface area contributed by atoms with Crippen molar-refractivity contribution in [2.75, 3.05) is 25.0 Å². The molecular formula is C24H26Cl2F3N5O. The van der Waals surface area contributed by atoms with Crippen LogP contribution >= 0.6 is 23.2 Å². The van der Waals surface area contributed by atoms with E-state index in [4.69, 9.17) is 23.2 Å². The molecule has 11 heteroatoms. The molecule has 2 amide bonds. The Bertz CT molecular complexity index is 1140. The van der Waals surface area contributed by atoms with E-state index in [0.29, 0.717) is 23.0 Å². The van der Waals surface area contributed by atoms with Crippen molar-refractivity contribution in [2.24, 2.45) is 7.05 Å². The first kappa shape index (κ1) is 26.8. The van der Waals surface area contributed by atoms with Crippen molar-refractivity contribution in [2.45, 2.75) is 24.9 Å². The normalized spacial score (nSPS) is 12.4. The number of anilines is 1. The van der Waals surface area contributed by atoms with Gasteiger partial charge in [-0.3, -0.25) is 0 Å². The lowest BCUT2D eigenvalue weighted by molar-refractivity contribution is -0.137. The Hall–Kier alpha value is -2.75. The molecule has 3 rings (SSSR count). The van der Waals surface area contributed by atoms with Crippen LogP contribution in [0.4, 0.5) is 23.7 Å². The molecule has 0 aliphatic carbocycles. The lowest BCUT2D eigenvalue weighted by atomic mass is 9.95. The van der Waals surface area contributed by atoms with Crippen molar-refractivity contribution < 1.29 is 18.0 Å². The van der Waals surface area contributed by atoms with E-state index in [1.54, 1.807) is 18.5 Å². The van der Waals surface area contributed by atoms with Gasteiger partial charge in [-0.1, -0.05) is 35.3 Å². The van der Waals surface area contributed by atoms with Gasteiger partial charge in [0.1, 0.15) is 0 Å². The standard InChI is InChI=1S/C24H26Cl2F3N5O/c1-34-14-20(32-15-34)8-10-30-9-7-17(16-5-6-21(25)22(26)11-16)13-31-23(35)33-19-4-2-3-18(12-19)24(27,28)29/h2-6,11-12,14-15,17,30H,7-10,13H2,1H3,(H2,31,33,35). The third-order valence-electron chi connectivity index (χ3n) is 5.36. The van der Waals surface area contributed by atoms with Gasteiger partial charge in [0.15, 0.2) is 0 Å². The Morgan fingerprint density at radius 3 is 2.60 bits per heavy atom. The van der Waals surface area contributed by atoms with Crippen LogP contribution in [-0.4, -0.2) is 35.2 Å². The summed E-state index contributed by atoms with van der Waals surface area (Å²) in [4.78, 5) is 16.7. The quantitative estimate of drug-likeness (QED) is 0.288. The first-order valence-electron chi connectivity index (χ1n) is 11.0. The Morgan fingerprint density at radius 1 is 1.11 bits per heavy atom. The minimum absolute atomic E-state index is 0.0552. The van der Waals surface area contributed by atoms with Crippen LogP contribution in [0.2, 0.25) is 10.0 Å². The molecule has 0 aliphatic rings. The number of aromatic nitrogens is 2. The number of carbonyl (C=O) groups is 1. The third kappa shape index (κ3) is 8.45. The van der Waals surface area contributed by atoms with Crippen LogP contribution in [0.25, 0.3) is 0 Å².